The van der Waals surface area contributed by atoms with E-state index in [1.54, 1.807) is 30.6 Å². The molecule has 0 aliphatic heterocycles. The van der Waals surface area contributed by atoms with E-state index in [1.165, 1.54) is 23.4 Å². The summed E-state index contributed by atoms with van der Waals surface area (Å²) in [6.45, 7) is 0. The number of nitrogens with one attached hydrogen (secondary N) is 1. The summed E-state index contributed by atoms with van der Waals surface area (Å²) in [4.78, 5) is 23.9. The van der Waals surface area contributed by atoms with Crippen LogP contribution in [0.25, 0.3) is 5.82 Å². The van der Waals surface area contributed by atoms with Crippen LogP contribution in [-0.4, -0.2) is 30.6 Å². The predicted molar refractivity (Wildman–Crippen MR) is 76.4 cm³/mol. The number of rotatable bonds is 3. The van der Waals surface area contributed by atoms with Gasteiger partial charge in [-0.05, 0) is 24.3 Å². The molecule has 3 aromatic heterocycles. The van der Waals surface area contributed by atoms with Gasteiger partial charge in [-0.2, -0.15) is 5.10 Å². The van der Waals surface area contributed by atoms with Crippen molar-refractivity contribution in [3.05, 3.63) is 60.0 Å². The van der Waals surface area contributed by atoms with Crippen LogP contribution < -0.4 is 5.32 Å². The molecule has 0 aliphatic rings. The molecule has 3 rings (SSSR count). The summed E-state index contributed by atoms with van der Waals surface area (Å²) in [6.07, 6.45) is 5.91. The minimum atomic E-state index is -0.283. The number of carbonyl (C=O) groups is 1. The molecule has 0 spiro atoms. The highest BCUT2D eigenvalue weighted by atomic mass is 35.5. The molecule has 0 radical (unpaired) electrons. The minimum Gasteiger partial charge on any atom is -0.321 e. The van der Waals surface area contributed by atoms with E-state index < -0.39 is 0 Å². The molecular formula is C13H9ClN6O. The molecule has 8 heteroatoms. The van der Waals surface area contributed by atoms with Crippen molar-refractivity contribution in [1.82, 2.24) is 24.7 Å². The molecular weight excluding hydrogens is 292 g/mol. The van der Waals surface area contributed by atoms with Crippen molar-refractivity contribution in [3.63, 3.8) is 0 Å². The van der Waals surface area contributed by atoms with Gasteiger partial charge in [0.15, 0.2) is 5.82 Å². The Balaban J connectivity index is 1.73. The molecule has 0 aliphatic carbocycles. The van der Waals surface area contributed by atoms with Crippen LogP contribution in [0.4, 0.5) is 5.69 Å². The fourth-order valence-electron chi connectivity index (χ4n) is 1.64. The van der Waals surface area contributed by atoms with Crippen LogP contribution >= 0.6 is 11.6 Å². The summed E-state index contributed by atoms with van der Waals surface area (Å²) in [5.41, 5.74) is 0.985. The number of hydrogen-bond acceptors (Lipinski definition) is 5. The smallest absolute Gasteiger partial charge is 0.257 e. The summed E-state index contributed by atoms with van der Waals surface area (Å²) >= 11 is 5.68. The average molecular weight is 301 g/mol. The van der Waals surface area contributed by atoms with E-state index in [2.05, 4.69) is 25.4 Å². The summed E-state index contributed by atoms with van der Waals surface area (Å²) in [6, 6.07) is 6.61. The zero-order chi connectivity index (χ0) is 14.7. The maximum absolute atomic E-state index is 12.0. The van der Waals surface area contributed by atoms with Crippen molar-refractivity contribution >= 4 is 23.2 Å². The van der Waals surface area contributed by atoms with Crippen molar-refractivity contribution in [3.8, 4) is 5.82 Å². The standard InChI is InChI=1S/C13H9ClN6O/c14-11-3-1-9(5-16-11)13(21)19-10-2-4-12(17-6-10)20-8-15-7-18-20/h1-8H,(H,19,21). The molecule has 7 nitrogen and oxygen atoms in total. The van der Waals surface area contributed by atoms with Crippen LogP contribution in [0.2, 0.25) is 5.15 Å². The summed E-state index contributed by atoms with van der Waals surface area (Å²) in [5.74, 6) is 0.327. The van der Waals surface area contributed by atoms with Gasteiger partial charge in [-0.15, -0.1) is 0 Å². The monoisotopic (exact) mass is 300 g/mol. The van der Waals surface area contributed by atoms with E-state index in [1.807, 2.05) is 0 Å². The quantitative estimate of drug-likeness (QED) is 0.747. The van der Waals surface area contributed by atoms with Crippen LogP contribution in [0.15, 0.2) is 49.3 Å². The lowest BCUT2D eigenvalue weighted by molar-refractivity contribution is 0.102. The van der Waals surface area contributed by atoms with Gasteiger partial charge in [-0.25, -0.2) is 19.6 Å². The van der Waals surface area contributed by atoms with Gasteiger partial charge in [-0.3, -0.25) is 4.79 Å². The fourth-order valence-corrected chi connectivity index (χ4v) is 1.75. The van der Waals surface area contributed by atoms with Crippen LogP contribution in [0.1, 0.15) is 10.4 Å². The van der Waals surface area contributed by atoms with E-state index in [0.29, 0.717) is 22.2 Å². The maximum atomic E-state index is 12.0. The van der Waals surface area contributed by atoms with E-state index >= 15 is 0 Å². The topological polar surface area (TPSA) is 85.6 Å². The Morgan fingerprint density at radius 2 is 2.05 bits per heavy atom. The van der Waals surface area contributed by atoms with Gasteiger partial charge in [-0.1, -0.05) is 11.6 Å². The predicted octanol–water partition coefficient (Wildman–Crippen LogP) is 1.96. The minimum absolute atomic E-state index is 0.283. The Labute approximate surface area is 124 Å². The lowest BCUT2D eigenvalue weighted by Crippen LogP contribution is -2.12. The number of carbonyl (C=O) groups excluding carboxylic acids is 1. The maximum Gasteiger partial charge on any atom is 0.257 e. The molecule has 1 amide bonds. The second kappa shape index (κ2) is 5.68. The highest BCUT2D eigenvalue weighted by molar-refractivity contribution is 6.29. The number of anilines is 1. The zero-order valence-electron chi connectivity index (χ0n) is 10.6. The number of hydrogen-bond donors (Lipinski definition) is 1. The second-order valence-corrected chi connectivity index (χ2v) is 4.46. The Morgan fingerprint density at radius 3 is 2.67 bits per heavy atom. The molecule has 0 fully saturated rings. The van der Waals surface area contributed by atoms with E-state index in [0.717, 1.165) is 0 Å². The van der Waals surface area contributed by atoms with Crippen molar-refractivity contribution < 1.29 is 4.79 Å². The van der Waals surface area contributed by atoms with Gasteiger partial charge in [0.1, 0.15) is 17.8 Å². The van der Waals surface area contributed by atoms with Crippen molar-refractivity contribution in [2.45, 2.75) is 0 Å². The van der Waals surface area contributed by atoms with Crippen molar-refractivity contribution in [1.29, 1.82) is 0 Å². The zero-order valence-corrected chi connectivity index (χ0v) is 11.4. The molecule has 1 N–H and O–H groups in total. The first-order chi connectivity index (χ1) is 10.2. The number of pyridine rings is 2. The van der Waals surface area contributed by atoms with Crippen LogP contribution in [0.3, 0.4) is 0 Å². The third kappa shape index (κ3) is 3.03. The molecule has 0 bridgehead atoms. The average Bonchev–Trinajstić information content (AvgIpc) is 3.03. The molecule has 0 unspecified atom stereocenters. The van der Waals surface area contributed by atoms with Crippen molar-refractivity contribution in [2.75, 3.05) is 5.32 Å². The third-order valence-electron chi connectivity index (χ3n) is 2.65. The summed E-state index contributed by atoms with van der Waals surface area (Å²) in [5, 5.41) is 7.03. The Hall–Kier alpha value is -2.80. The lowest BCUT2D eigenvalue weighted by atomic mass is 10.2. The normalized spacial score (nSPS) is 10.3. The fraction of sp³-hybridized carbons (Fsp3) is 0. The number of aromatic nitrogens is 5. The number of amides is 1. The number of halogens is 1. The first-order valence-electron chi connectivity index (χ1n) is 5.96. The SMILES string of the molecule is O=C(Nc1ccc(-n2cncn2)nc1)c1ccc(Cl)nc1. The molecule has 104 valence electrons. The lowest BCUT2D eigenvalue weighted by Gasteiger charge is -2.05. The third-order valence-corrected chi connectivity index (χ3v) is 2.87. The van der Waals surface area contributed by atoms with Gasteiger partial charge in [0.25, 0.3) is 5.91 Å². The van der Waals surface area contributed by atoms with E-state index in [9.17, 15) is 4.79 Å². The van der Waals surface area contributed by atoms with Crippen LogP contribution in [0, 0.1) is 0 Å². The van der Waals surface area contributed by atoms with Crippen LogP contribution in [-0.2, 0) is 0 Å². The molecule has 0 atom stereocenters. The molecule has 3 heterocycles. The molecule has 0 saturated heterocycles. The molecule has 21 heavy (non-hydrogen) atoms. The van der Waals surface area contributed by atoms with Crippen LogP contribution in [0.5, 0.6) is 0 Å². The Kier molecular flexibility index (Phi) is 3.57. The number of nitrogens with zero attached hydrogens (tertiary/aromatic N) is 5. The van der Waals surface area contributed by atoms with E-state index in [-0.39, 0.29) is 5.91 Å². The van der Waals surface area contributed by atoms with Gasteiger partial charge >= 0.3 is 0 Å². The Morgan fingerprint density at radius 1 is 1.14 bits per heavy atom. The summed E-state index contributed by atoms with van der Waals surface area (Å²) < 4.78 is 1.52. The van der Waals surface area contributed by atoms with Gasteiger partial charge in [0.2, 0.25) is 0 Å². The first kappa shape index (κ1) is 13.2. The van der Waals surface area contributed by atoms with Gasteiger partial charge < -0.3 is 5.32 Å². The first-order valence-corrected chi connectivity index (χ1v) is 6.34. The van der Waals surface area contributed by atoms with Gasteiger partial charge in [0, 0.05) is 6.20 Å². The van der Waals surface area contributed by atoms with Gasteiger partial charge in [0.05, 0.1) is 17.4 Å². The molecule has 0 saturated carbocycles. The molecule has 3 aromatic rings. The summed E-state index contributed by atoms with van der Waals surface area (Å²) in [7, 11) is 0. The largest absolute Gasteiger partial charge is 0.321 e. The second-order valence-electron chi connectivity index (χ2n) is 4.07. The highest BCUT2D eigenvalue weighted by Crippen LogP contribution is 2.11. The Bertz CT molecular complexity index is 739. The molecule has 0 aromatic carbocycles. The highest BCUT2D eigenvalue weighted by Gasteiger charge is 2.07. The van der Waals surface area contributed by atoms with Crippen molar-refractivity contribution in [2.24, 2.45) is 0 Å². The van der Waals surface area contributed by atoms with E-state index in [4.69, 9.17) is 11.6 Å².